The highest BCUT2D eigenvalue weighted by Crippen LogP contribution is 2.37. The van der Waals surface area contributed by atoms with Gasteiger partial charge in [-0.3, -0.25) is 0 Å². The topological polar surface area (TPSA) is 26.0 Å². The molecule has 1 aliphatic heterocycles. The summed E-state index contributed by atoms with van der Waals surface area (Å²) in [5.74, 6) is 0. The summed E-state index contributed by atoms with van der Waals surface area (Å²) in [6, 6.07) is 6.66. The van der Waals surface area contributed by atoms with Crippen molar-refractivity contribution in [1.29, 1.82) is 0 Å². The molecule has 0 radical (unpaired) electrons. The molecule has 2 N–H and O–H groups in total. The molecule has 0 saturated carbocycles. The quantitative estimate of drug-likeness (QED) is 0.803. The summed E-state index contributed by atoms with van der Waals surface area (Å²) >= 11 is 1.97. The molecule has 2 rings (SSSR count). The molecule has 1 heterocycles. The second kappa shape index (κ2) is 4.20. The van der Waals surface area contributed by atoms with Crippen LogP contribution < -0.4 is 5.73 Å². The van der Waals surface area contributed by atoms with Crippen molar-refractivity contribution in [2.75, 3.05) is 6.54 Å². The highest BCUT2D eigenvalue weighted by Gasteiger charge is 2.17. The fourth-order valence-electron chi connectivity index (χ4n) is 1.75. The second-order valence-electron chi connectivity index (χ2n) is 3.64. The molecule has 14 heavy (non-hydrogen) atoms. The fraction of sp³-hybridized carbons (Fsp3) is 0.333. The van der Waals surface area contributed by atoms with Gasteiger partial charge in [0.1, 0.15) is 0 Å². The van der Waals surface area contributed by atoms with Crippen molar-refractivity contribution < 1.29 is 0 Å². The van der Waals surface area contributed by atoms with E-state index in [9.17, 15) is 0 Å². The van der Waals surface area contributed by atoms with Crippen molar-refractivity contribution in [2.24, 2.45) is 5.73 Å². The Morgan fingerprint density at radius 2 is 2.43 bits per heavy atom. The molecular weight excluding hydrogens is 190 g/mol. The first-order valence-electron chi connectivity index (χ1n) is 4.96. The molecular formula is C12H15NS. The van der Waals surface area contributed by atoms with Crippen LogP contribution in [0.4, 0.5) is 0 Å². The summed E-state index contributed by atoms with van der Waals surface area (Å²) < 4.78 is 0. The van der Waals surface area contributed by atoms with Gasteiger partial charge in [-0.2, -0.15) is 0 Å². The Morgan fingerprint density at radius 3 is 3.21 bits per heavy atom. The maximum atomic E-state index is 5.42. The minimum Gasteiger partial charge on any atom is -0.327 e. The van der Waals surface area contributed by atoms with Crippen LogP contribution in [0.2, 0.25) is 0 Å². The highest BCUT2D eigenvalue weighted by molar-refractivity contribution is 8.00. The van der Waals surface area contributed by atoms with Crippen LogP contribution in [0.1, 0.15) is 18.1 Å². The lowest BCUT2D eigenvalue weighted by atomic mass is 10.1. The lowest BCUT2D eigenvalue weighted by molar-refractivity contribution is 0.959. The van der Waals surface area contributed by atoms with E-state index in [1.165, 1.54) is 22.4 Å². The molecule has 1 aromatic rings. The zero-order valence-electron chi connectivity index (χ0n) is 8.36. The number of hydrogen-bond acceptors (Lipinski definition) is 2. The summed E-state index contributed by atoms with van der Waals surface area (Å²) in [5, 5.41) is 0.735. The maximum Gasteiger partial charge on any atom is 0.0110 e. The van der Waals surface area contributed by atoms with Gasteiger partial charge in [0.25, 0.3) is 0 Å². The predicted molar refractivity (Wildman–Crippen MR) is 63.6 cm³/mol. The first-order chi connectivity index (χ1) is 6.79. The van der Waals surface area contributed by atoms with Crippen molar-refractivity contribution in [3.05, 3.63) is 35.4 Å². The van der Waals surface area contributed by atoms with Gasteiger partial charge in [0, 0.05) is 16.7 Å². The van der Waals surface area contributed by atoms with Crippen LogP contribution in [0, 0.1) is 0 Å². The lowest BCUT2D eigenvalue weighted by Crippen LogP contribution is -1.92. The zero-order chi connectivity index (χ0) is 9.97. The maximum absolute atomic E-state index is 5.42. The Balaban J connectivity index is 2.24. The van der Waals surface area contributed by atoms with Crippen molar-refractivity contribution in [2.45, 2.75) is 23.5 Å². The van der Waals surface area contributed by atoms with E-state index in [2.05, 4.69) is 31.2 Å². The van der Waals surface area contributed by atoms with Gasteiger partial charge in [0.15, 0.2) is 0 Å². The third kappa shape index (κ3) is 2.02. The summed E-state index contributed by atoms with van der Waals surface area (Å²) in [7, 11) is 0. The van der Waals surface area contributed by atoms with Gasteiger partial charge in [-0.1, -0.05) is 31.2 Å². The van der Waals surface area contributed by atoms with E-state index in [-0.39, 0.29) is 0 Å². The Morgan fingerprint density at radius 1 is 1.57 bits per heavy atom. The normalized spacial score (nSPS) is 20.3. The van der Waals surface area contributed by atoms with Gasteiger partial charge in [0.05, 0.1) is 0 Å². The second-order valence-corrected chi connectivity index (χ2v) is 5.12. The summed E-state index contributed by atoms with van der Waals surface area (Å²) in [5.41, 5.74) is 8.18. The van der Waals surface area contributed by atoms with E-state index in [0.29, 0.717) is 6.54 Å². The largest absolute Gasteiger partial charge is 0.327 e. The molecule has 1 aromatic carbocycles. The number of fused-ring (bicyclic) bond motifs is 1. The van der Waals surface area contributed by atoms with Gasteiger partial charge in [-0.15, -0.1) is 11.8 Å². The molecule has 2 heteroatoms. The minimum atomic E-state index is 0.613. The zero-order valence-corrected chi connectivity index (χ0v) is 9.18. The highest BCUT2D eigenvalue weighted by atomic mass is 32.2. The van der Waals surface area contributed by atoms with Crippen LogP contribution in [0.25, 0.3) is 6.08 Å². The van der Waals surface area contributed by atoms with Crippen LogP contribution in [0.5, 0.6) is 0 Å². The molecule has 1 atom stereocenters. The molecule has 1 unspecified atom stereocenters. The third-order valence-corrected chi connectivity index (χ3v) is 3.59. The van der Waals surface area contributed by atoms with Crippen LogP contribution in [0.15, 0.2) is 29.2 Å². The summed E-state index contributed by atoms with van der Waals surface area (Å²) in [6.07, 6.45) is 5.28. The van der Waals surface area contributed by atoms with Crippen LogP contribution in [-0.4, -0.2) is 11.8 Å². The van der Waals surface area contributed by atoms with Crippen LogP contribution >= 0.6 is 11.8 Å². The lowest BCUT2D eigenvalue weighted by Gasteiger charge is -1.98. The fourth-order valence-corrected chi connectivity index (χ4v) is 2.89. The standard InChI is InChI=1S/C12H15NS/c1-9-7-11-8-10(3-2-6-13)4-5-12(11)14-9/h2-5,8-9H,6-7,13H2,1H3/b3-2+. The Bertz CT molecular complexity index is 357. The Labute approximate surface area is 89.4 Å². The molecule has 0 aliphatic carbocycles. The summed E-state index contributed by atoms with van der Waals surface area (Å²) in [6.45, 7) is 2.89. The molecule has 0 amide bonds. The van der Waals surface area contributed by atoms with Crippen molar-refractivity contribution in [3.63, 3.8) is 0 Å². The smallest absolute Gasteiger partial charge is 0.0110 e. The van der Waals surface area contributed by atoms with Crippen molar-refractivity contribution in [3.8, 4) is 0 Å². The third-order valence-electron chi connectivity index (χ3n) is 2.37. The number of benzene rings is 1. The van der Waals surface area contributed by atoms with Gasteiger partial charge >= 0.3 is 0 Å². The SMILES string of the molecule is CC1Cc2cc(/C=C/CN)ccc2S1. The first-order valence-corrected chi connectivity index (χ1v) is 5.84. The van der Waals surface area contributed by atoms with E-state index < -0.39 is 0 Å². The van der Waals surface area contributed by atoms with Gasteiger partial charge in [-0.25, -0.2) is 0 Å². The number of thioether (sulfide) groups is 1. The molecule has 0 aromatic heterocycles. The van der Waals surface area contributed by atoms with E-state index in [1.54, 1.807) is 0 Å². The average molecular weight is 205 g/mol. The van der Waals surface area contributed by atoms with Crippen molar-refractivity contribution >= 4 is 17.8 Å². The predicted octanol–water partition coefficient (Wildman–Crippen LogP) is 2.70. The molecule has 0 spiro atoms. The van der Waals surface area contributed by atoms with Crippen LogP contribution in [-0.2, 0) is 6.42 Å². The van der Waals surface area contributed by atoms with Gasteiger partial charge < -0.3 is 5.73 Å². The van der Waals surface area contributed by atoms with Crippen LogP contribution in [0.3, 0.4) is 0 Å². The first kappa shape index (κ1) is 9.81. The molecule has 1 aliphatic rings. The summed E-state index contributed by atoms with van der Waals surface area (Å²) in [4.78, 5) is 1.45. The minimum absolute atomic E-state index is 0.613. The number of hydrogen-bond donors (Lipinski definition) is 1. The van der Waals surface area contributed by atoms with E-state index in [0.717, 1.165) is 5.25 Å². The number of rotatable bonds is 2. The van der Waals surface area contributed by atoms with Crippen molar-refractivity contribution in [1.82, 2.24) is 0 Å². The number of nitrogens with two attached hydrogens (primary N) is 1. The molecule has 0 fully saturated rings. The Kier molecular flexibility index (Phi) is 2.94. The van der Waals surface area contributed by atoms with E-state index in [1.807, 2.05) is 17.8 Å². The van der Waals surface area contributed by atoms with Gasteiger partial charge in [-0.05, 0) is 23.6 Å². The molecule has 74 valence electrons. The average Bonchev–Trinajstić information content (AvgIpc) is 2.54. The monoisotopic (exact) mass is 205 g/mol. The molecule has 0 saturated heterocycles. The van der Waals surface area contributed by atoms with Gasteiger partial charge in [0.2, 0.25) is 0 Å². The Hall–Kier alpha value is -0.730. The molecule has 0 bridgehead atoms. The van der Waals surface area contributed by atoms with E-state index in [4.69, 9.17) is 5.73 Å². The molecule has 1 nitrogen and oxygen atoms in total. The van der Waals surface area contributed by atoms with E-state index >= 15 is 0 Å².